The molecule has 0 fully saturated rings. The Balaban J connectivity index is 2.19. The van der Waals surface area contributed by atoms with Crippen molar-refractivity contribution in [2.24, 2.45) is 0 Å². The molecule has 1 aliphatic rings. The van der Waals surface area contributed by atoms with Crippen molar-refractivity contribution < 1.29 is 0 Å². The standard InChI is InChI=1S/C13H19BrN2/c1-3-16(4-2)10-8-11-12(14)6-5-7-13(11)15-9-10/h5-7,10,15H,3-4,8-9H2,1-2H3. The number of likely N-dealkylation sites (N-methyl/N-ethyl adjacent to an activating group) is 1. The zero-order valence-electron chi connectivity index (χ0n) is 9.96. The van der Waals surface area contributed by atoms with Gasteiger partial charge in [0.2, 0.25) is 0 Å². The van der Waals surface area contributed by atoms with Crippen LogP contribution in [-0.2, 0) is 6.42 Å². The molecule has 16 heavy (non-hydrogen) atoms. The SMILES string of the molecule is CCN(CC)C1CNc2cccc(Br)c2C1. The van der Waals surface area contributed by atoms with Gasteiger partial charge in [0.15, 0.2) is 0 Å². The average Bonchev–Trinajstić information content (AvgIpc) is 2.32. The highest BCUT2D eigenvalue weighted by atomic mass is 79.9. The second kappa shape index (κ2) is 5.19. The fraction of sp³-hybridized carbons (Fsp3) is 0.538. The molecular formula is C13H19BrN2. The minimum atomic E-state index is 0.626. The molecular weight excluding hydrogens is 264 g/mol. The fourth-order valence-corrected chi connectivity index (χ4v) is 2.99. The number of halogens is 1. The summed E-state index contributed by atoms with van der Waals surface area (Å²) in [6.07, 6.45) is 1.14. The second-order valence-electron chi connectivity index (χ2n) is 4.23. The zero-order valence-corrected chi connectivity index (χ0v) is 11.5. The van der Waals surface area contributed by atoms with Crippen molar-refractivity contribution in [2.45, 2.75) is 26.3 Å². The number of hydrogen-bond acceptors (Lipinski definition) is 2. The van der Waals surface area contributed by atoms with Gasteiger partial charge < -0.3 is 5.32 Å². The first-order valence-electron chi connectivity index (χ1n) is 6.01. The van der Waals surface area contributed by atoms with Gasteiger partial charge in [-0.05, 0) is 37.2 Å². The quantitative estimate of drug-likeness (QED) is 0.917. The maximum atomic E-state index is 3.64. The molecule has 1 atom stereocenters. The van der Waals surface area contributed by atoms with Gasteiger partial charge in [0, 0.05) is 22.7 Å². The lowest BCUT2D eigenvalue weighted by molar-refractivity contribution is 0.221. The second-order valence-corrected chi connectivity index (χ2v) is 5.08. The Morgan fingerprint density at radius 1 is 1.38 bits per heavy atom. The Morgan fingerprint density at radius 2 is 2.12 bits per heavy atom. The van der Waals surface area contributed by atoms with Crippen LogP contribution in [0.4, 0.5) is 5.69 Å². The molecule has 3 heteroatoms. The van der Waals surface area contributed by atoms with Crippen molar-refractivity contribution in [3.8, 4) is 0 Å². The van der Waals surface area contributed by atoms with E-state index in [1.165, 1.54) is 15.7 Å². The minimum Gasteiger partial charge on any atom is -0.383 e. The smallest absolute Gasteiger partial charge is 0.0385 e. The van der Waals surface area contributed by atoms with Crippen LogP contribution in [0, 0.1) is 0 Å². The van der Waals surface area contributed by atoms with Crippen LogP contribution in [0.1, 0.15) is 19.4 Å². The predicted octanol–water partition coefficient (Wildman–Crippen LogP) is 3.13. The van der Waals surface area contributed by atoms with E-state index in [1.807, 2.05) is 0 Å². The summed E-state index contributed by atoms with van der Waals surface area (Å²) in [6, 6.07) is 7.01. The maximum absolute atomic E-state index is 3.64. The van der Waals surface area contributed by atoms with E-state index >= 15 is 0 Å². The summed E-state index contributed by atoms with van der Waals surface area (Å²) in [5, 5.41) is 3.53. The molecule has 0 radical (unpaired) electrons. The zero-order chi connectivity index (χ0) is 11.5. The number of nitrogens with one attached hydrogen (secondary N) is 1. The number of anilines is 1. The van der Waals surface area contributed by atoms with Crippen molar-refractivity contribution >= 4 is 21.6 Å². The molecule has 0 saturated heterocycles. The summed E-state index contributed by atoms with van der Waals surface area (Å²) in [7, 11) is 0. The van der Waals surface area contributed by atoms with Crippen molar-refractivity contribution in [3.63, 3.8) is 0 Å². The van der Waals surface area contributed by atoms with E-state index < -0.39 is 0 Å². The van der Waals surface area contributed by atoms with Gasteiger partial charge in [0.25, 0.3) is 0 Å². The Labute approximate surface area is 106 Å². The first-order chi connectivity index (χ1) is 7.76. The monoisotopic (exact) mass is 282 g/mol. The van der Waals surface area contributed by atoms with Crippen LogP contribution in [0.5, 0.6) is 0 Å². The highest BCUT2D eigenvalue weighted by Gasteiger charge is 2.23. The number of benzene rings is 1. The molecule has 0 aliphatic carbocycles. The molecule has 0 aromatic heterocycles. The van der Waals surface area contributed by atoms with Gasteiger partial charge in [0.1, 0.15) is 0 Å². The van der Waals surface area contributed by atoms with Crippen LogP contribution < -0.4 is 5.32 Å². The summed E-state index contributed by atoms with van der Waals surface area (Å²) in [5.41, 5.74) is 2.71. The Bertz CT molecular complexity index is 361. The number of rotatable bonds is 3. The molecule has 1 aromatic rings. The number of hydrogen-bond donors (Lipinski definition) is 1. The van der Waals surface area contributed by atoms with Gasteiger partial charge >= 0.3 is 0 Å². The fourth-order valence-electron chi connectivity index (χ4n) is 2.47. The predicted molar refractivity (Wildman–Crippen MR) is 73.0 cm³/mol. The Hall–Kier alpha value is -0.540. The molecule has 1 N–H and O–H groups in total. The molecule has 0 bridgehead atoms. The van der Waals surface area contributed by atoms with E-state index in [1.54, 1.807) is 0 Å². The van der Waals surface area contributed by atoms with Gasteiger partial charge in [-0.15, -0.1) is 0 Å². The molecule has 1 aromatic carbocycles. The topological polar surface area (TPSA) is 15.3 Å². The van der Waals surface area contributed by atoms with Gasteiger partial charge in [0.05, 0.1) is 0 Å². The molecule has 88 valence electrons. The molecule has 1 unspecified atom stereocenters. The summed E-state index contributed by atoms with van der Waals surface area (Å²) >= 11 is 3.64. The molecule has 1 aliphatic heterocycles. The van der Waals surface area contributed by atoms with E-state index in [2.05, 4.69) is 58.2 Å². The normalized spacial score (nSPS) is 19.4. The van der Waals surface area contributed by atoms with Gasteiger partial charge in [-0.25, -0.2) is 0 Å². The van der Waals surface area contributed by atoms with Crippen LogP contribution in [-0.4, -0.2) is 30.6 Å². The average molecular weight is 283 g/mol. The van der Waals surface area contributed by atoms with Crippen LogP contribution in [0.15, 0.2) is 22.7 Å². The summed E-state index contributed by atoms with van der Waals surface area (Å²) in [6.45, 7) is 7.79. The van der Waals surface area contributed by atoms with Crippen LogP contribution >= 0.6 is 15.9 Å². The minimum absolute atomic E-state index is 0.626. The van der Waals surface area contributed by atoms with Gasteiger partial charge in [-0.3, -0.25) is 4.90 Å². The molecule has 2 nitrogen and oxygen atoms in total. The van der Waals surface area contributed by atoms with Crippen LogP contribution in [0.3, 0.4) is 0 Å². The van der Waals surface area contributed by atoms with E-state index in [0.29, 0.717) is 6.04 Å². The highest BCUT2D eigenvalue weighted by molar-refractivity contribution is 9.10. The molecule has 0 amide bonds. The maximum Gasteiger partial charge on any atom is 0.0385 e. The van der Waals surface area contributed by atoms with Gasteiger partial charge in [-0.1, -0.05) is 35.8 Å². The number of fused-ring (bicyclic) bond motifs is 1. The highest BCUT2D eigenvalue weighted by Crippen LogP contribution is 2.30. The Morgan fingerprint density at radius 3 is 2.81 bits per heavy atom. The molecule has 0 saturated carbocycles. The third-order valence-electron chi connectivity index (χ3n) is 3.42. The summed E-state index contributed by atoms with van der Waals surface area (Å²) in [5.74, 6) is 0. The summed E-state index contributed by atoms with van der Waals surface area (Å²) < 4.78 is 1.23. The van der Waals surface area contributed by atoms with Crippen molar-refractivity contribution in [3.05, 3.63) is 28.2 Å². The lowest BCUT2D eigenvalue weighted by atomic mass is 9.98. The van der Waals surface area contributed by atoms with E-state index in [9.17, 15) is 0 Å². The van der Waals surface area contributed by atoms with E-state index in [-0.39, 0.29) is 0 Å². The third-order valence-corrected chi connectivity index (χ3v) is 4.16. The van der Waals surface area contributed by atoms with E-state index in [4.69, 9.17) is 0 Å². The molecule has 2 rings (SSSR count). The lowest BCUT2D eigenvalue weighted by Gasteiger charge is -2.34. The van der Waals surface area contributed by atoms with Crippen molar-refractivity contribution in [1.29, 1.82) is 0 Å². The van der Waals surface area contributed by atoms with Crippen LogP contribution in [0.2, 0.25) is 0 Å². The number of nitrogens with zero attached hydrogens (tertiary/aromatic N) is 1. The van der Waals surface area contributed by atoms with Crippen LogP contribution in [0.25, 0.3) is 0 Å². The first kappa shape index (κ1) is 11.9. The van der Waals surface area contributed by atoms with E-state index in [0.717, 1.165) is 26.1 Å². The lowest BCUT2D eigenvalue weighted by Crippen LogP contribution is -2.43. The summed E-state index contributed by atoms with van der Waals surface area (Å²) in [4.78, 5) is 2.52. The Kier molecular flexibility index (Phi) is 3.87. The largest absolute Gasteiger partial charge is 0.383 e. The first-order valence-corrected chi connectivity index (χ1v) is 6.80. The third kappa shape index (κ3) is 2.25. The van der Waals surface area contributed by atoms with Gasteiger partial charge in [-0.2, -0.15) is 0 Å². The molecule has 1 heterocycles. The molecule has 0 spiro atoms. The van der Waals surface area contributed by atoms with Crippen molar-refractivity contribution in [1.82, 2.24) is 4.90 Å². The van der Waals surface area contributed by atoms with Crippen molar-refractivity contribution in [2.75, 3.05) is 25.0 Å².